The number of nitrogens with zero attached hydrogens (tertiary/aromatic N) is 2. The Bertz CT molecular complexity index is 1110. The summed E-state index contributed by atoms with van der Waals surface area (Å²) < 4.78 is 24.1. The average molecular weight is 403 g/mol. The number of ether oxygens (including phenoxy) is 1. The van der Waals surface area contributed by atoms with Crippen molar-refractivity contribution in [1.82, 2.24) is 15.5 Å². The van der Waals surface area contributed by atoms with Gasteiger partial charge in [-0.3, -0.25) is 4.79 Å². The van der Waals surface area contributed by atoms with Crippen LogP contribution in [0.5, 0.6) is 5.75 Å². The van der Waals surface area contributed by atoms with Gasteiger partial charge in [-0.2, -0.15) is 0 Å². The molecule has 1 heterocycles. The number of nitrogens with one attached hydrogen (secondary N) is 1. The van der Waals surface area contributed by atoms with Crippen LogP contribution in [0.15, 0.2) is 83.3 Å². The zero-order valence-electron chi connectivity index (χ0n) is 15.9. The summed E-state index contributed by atoms with van der Waals surface area (Å²) >= 11 is 0. The Morgan fingerprint density at radius 2 is 1.50 bits per heavy atom. The van der Waals surface area contributed by atoms with E-state index in [1.807, 2.05) is 30.3 Å². The molecule has 1 amide bonds. The lowest BCUT2D eigenvalue weighted by atomic mass is 10.2. The molecular formula is C23H18FN3O3. The number of carbonyl (C=O) groups is 1. The van der Waals surface area contributed by atoms with E-state index in [0.29, 0.717) is 24.1 Å². The van der Waals surface area contributed by atoms with Crippen LogP contribution in [0.4, 0.5) is 4.39 Å². The van der Waals surface area contributed by atoms with E-state index in [-0.39, 0.29) is 18.3 Å². The fourth-order valence-electron chi connectivity index (χ4n) is 2.73. The molecule has 0 aliphatic heterocycles. The predicted octanol–water partition coefficient (Wildman–Crippen LogP) is 4.24. The van der Waals surface area contributed by atoms with E-state index < -0.39 is 0 Å². The highest BCUT2D eigenvalue weighted by atomic mass is 19.1. The van der Waals surface area contributed by atoms with Gasteiger partial charge in [0.15, 0.2) is 6.61 Å². The standard InChI is InChI=1S/C23H18FN3O3/c24-19-10-6-16(7-11-19)14-25-21(28)15-29-20-12-8-18(9-13-20)23-27-26-22(30-23)17-4-2-1-3-5-17/h1-13H,14-15H2,(H,25,28). The smallest absolute Gasteiger partial charge is 0.258 e. The molecule has 0 saturated heterocycles. The minimum Gasteiger partial charge on any atom is -0.484 e. The van der Waals surface area contributed by atoms with E-state index in [9.17, 15) is 9.18 Å². The fourth-order valence-corrected chi connectivity index (χ4v) is 2.73. The Labute approximate surface area is 172 Å². The van der Waals surface area contributed by atoms with Crippen molar-refractivity contribution in [2.75, 3.05) is 6.61 Å². The van der Waals surface area contributed by atoms with Crippen molar-refractivity contribution in [2.24, 2.45) is 0 Å². The summed E-state index contributed by atoms with van der Waals surface area (Å²) in [5.41, 5.74) is 2.41. The zero-order valence-corrected chi connectivity index (χ0v) is 15.9. The van der Waals surface area contributed by atoms with Crippen molar-refractivity contribution in [1.29, 1.82) is 0 Å². The molecular weight excluding hydrogens is 385 g/mol. The molecule has 0 bridgehead atoms. The van der Waals surface area contributed by atoms with Crippen molar-refractivity contribution in [2.45, 2.75) is 6.54 Å². The minimum absolute atomic E-state index is 0.126. The molecule has 7 heteroatoms. The first-order valence-corrected chi connectivity index (χ1v) is 9.31. The highest BCUT2D eigenvalue weighted by Gasteiger charge is 2.10. The Kier molecular flexibility index (Phi) is 5.80. The Morgan fingerprint density at radius 1 is 0.867 bits per heavy atom. The first-order valence-electron chi connectivity index (χ1n) is 9.31. The number of rotatable bonds is 7. The monoisotopic (exact) mass is 403 g/mol. The van der Waals surface area contributed by atoms with E-state index in [1.54, 1.807) is 36.4 Å². The van der Waals surface area contributed by atoms with Crippen LogP contribution in [0.25, 0.3) is 22.9 Å². The number of benzene rings is 3. The van der Waals surface area contributed by atoms with Gasteiger partial charge in [0.05, 0.1) is 0 Å². The van der Waals surface area contributed by atoms with Gasteiger partial charge < -0.3 is 14.5 Å². The third-order valence-corrected chi connectivity index (χ3v) is 4.32. The van der Waals surface area contributed by atoms with Gasteiger partial charge in [-0.25, -0.2) is 4.39 Å². The first kappa shape index (κ1) is 19.3. The van der Waals surface area contributed by atoms with Crippen LogP contribution in [0.2, 0.25) is 0 Å². The molecule has 0 radical (unpaired) electrons. The molecule has 0 saturated carbocycles. The van der Waals surface area contributed by atoms with Gasteiger partial charge in [-0.15, -0.1) is 10.2 Å². The molecule has 0 fully saturated rings. The van der Waals surface area contributed by atoms with Gasteiger partial charge in [0, 0.05) is 17.7 Å². The first-order chi connectivity index (χ1) is 14.7. The SMILES string of the molecule is O=C(COc1ccc(-c2nnc(-c3ccccc3)o2)cc1)NCc1ccc(F)cc1. The molecule has 6 nitrogen and oxygen atoms in total. The van der Waals surface area contributed by atoms with Crippen molar-refractivity contribution in [3.05, 3.63) is 90.2 Å². The van der Waals surface area contributed by atoms with Crippen LogP contribution in [0, 0.1) is 5.82 Å². The number of hydrogen-bond donors (Lipinski definition) is 1. The molecule has 0 aliphatic carbocycles. The van der Waals surface area contributed by atoms with Gasteiger partial charge in [-0.05, 0) is 54.1 Å². The van der Waals surface area contributed by atoms with Gasteiger partial charge in [-0.1, -0.05) is 30.3 Å². The molecule has 0 atom stereocenters. The predicted molar refractivity (Wildman–Crippen MR) is 109 cm³/mol. The molecule has 4 aromatic rings. The Morgan fingerprint density at radius 3 is 2.17 bits per heavy atom. The average Bonchev–Trinajstić information content (AvgIpc) is 3.29. The second-order valence-corrected chi connectivity index (χ2v) is 6.49. The normalized spacial score (nSPS) is 10.6. The Balaban J connectivity index is 1.30. The van der Waals surface area contributed by atoms with Gasteiger partial charge in [0.2, 0.25) is 11.8 Å². The zero-order chi connectivity index (χ0) is 20.8. The molecule has 30 heavy (non-hydrogen) atoms. The van der Waals surface area contributed by atoms with Gasteiger partial charge >= 0.3 is 0 Å². The minimum atomic E-state index is -0.311. The lowest BCUT2D eigenvalue weighted by Gasteiger charge is -2.08. The van der Waals surface area contributed by atoms with Crippen LogP contribution in [-0.2, 0) is 11.3 Å². The van der Waals surface area contributed by atoms with Crippen molar-refractivity contribution in [3.63, 3.8) is 0 Å². The lowest BCUT2D eigenvalue weighted by Crippen LogP contribution is -2.28. The van der Waals surface area contributed by atoms with Crippen LogP contribution in [-0.4, -0.2) is 22.7 Å². The summed E-state index contributed by atoms with van der Waals surface area (Å²) in [5.74, 6) is 0.807. The fraction of sp³-hybridized carbons (Fsp3) is 0.0870. The van der Waals surface area contributed by atoms with Crippen LogP contribution >= 0.6 is 0 Å². The van der Waals surface area contributed by atoms with E-state index >= 15 is 0 Å². The summed E-state index contributed by atoms with van der Waals surface area (Å²) in [5, 5.41) is 10.9. The second-order valence-electron chi connectivity index (χ2n) is 6.49. The maximum Gasteiger partial charge on any atom is 0.258 e. The number of amides is 1. The molecule has 0 unspecified atom stereocenters. The summed E-state index contributed by atoms with van der Waals surface area (Å²) in [4.78, 5) is 11.9. The maximum atomic E-state index is 12.9. The summed E-state index contributed by atoms with van der Waals surface area (Å²) in [6.07, 6.45) is 0. The van der Waals surface area contributed by atoms with Crippen molar-refractivity contribution in [3.8, 4) is 28.7 Å². The number of hydrogen-bond acceptors (Lipinski definition) is 5. The van der Waals surface area contributed by atoms with Crippen LogP contribution in [0.1, 0.15) is 5.56 Å². The van der Waals surface area contributed by atoms with E-state index in [2.05, 4.69) is 15.5 Å². The number of halogens is 1. The second kappa shape index (κ2) is 9.00. The van der Waals surface area contributed by atoms with Crippen LogP contribution < -0.4 is 10.1 Å². The molecule has 1 aromatic heterocycles. The van der Waals surface area contributed by atoms with E-state index in [1.165, 1.54) is 12.1 Å². The summed E-state index contributed by atoms with van der Waals surface area (Å²) in [6, 6.07) is 22.5. The molecule has 4 rings (SSSR count). The summed E-state index contributed by atoms with van der Waals surface area (Å²) in [7, 11) is 0. The molecule has 3 aromatic carbocycles. The molecule has 1 N–H and O–H groups in total. The molecule has 0 aliphatic rings. The van der Waals surface area contributed by atoms with E-state index in [4.69, 9.17) is 9.15 Å². The quantitative estimate of drug-likeness (QED) is 0.500. The third kappa shape index (κ3) is 4.88. The largest absolute Gasteiger partial charge is 0.484 e. The van der Waals surface area contributed by atoms with E-state index in [0.717, 1.165) is 16.7 Å². The van der Waals surface area contributed by atoms with Gasteiger partial charge in [0.25, 0.3) is 5.91 Å². The lowest BCUT2D eigenvalue weighted by molar-refractivity contribution is -0.123. The highest BCUT2D eigenvalue weighted by Crippen LogP contribution is 2.25. The molecule has 0 spiro atoms. The number of carbonyl (C=O) groups excluding carboxylic acids is 1. The number of aromatic nitrogens is 2. The Hall–Kier alpha value is -4.00. The highest BCUT2D eigenvalue weighted by molar-refractivity contribution is 5.77. The topological polar surface area (TPSA) is 77.2 Å². The molecule has 150 valence electrons. The van der Waals surface area contributed by atoms with Crippen LogP contribution in [0.3, 0.4) is 0 Å². The van der Waals surface area contributed by atoms with Crippen molar-refractivity contribution < 1.29 is 18.3 Å². The summed E-state index contributed by atoms with van der Waals surface area (Å²) in [6.45, 7) is 0.182. The maximum absolute atomic E-state index is 12.9. The third-order valence-electron chi connectivity index (χ3n) is 4.32. The van der Waals surface area contributed by atoms with Gasteiger partial charge in [0.1, 0.15) is 11.6 Å². The van der Waals surface area contributed by atoms with Crippen molar-refractivity contribution >= 4 is 5.91 Å².